The molecule has 0 unspecified atom stereocenters. The maximum atomic E-state index is 12.1. The summed E-state index contributed by atoms with van der Waals surface area (Å²) in [7, 11) is -1.66. The Morgan fingerprint density at radius 3 is 2.50 bits per heavy atom. The molecule has 0 aliphatic carbocycles. The predicted molar refractivity (Wildman–Crippen MR) is 81.7 cm³/mol. The minimum absolute atomic E-state index is 0.269. The van der Waals surface area contributed by atoms with Gasteiger partial charge >= 0.3 is 0 Å². The minimum atomic E-state index is -3.45. The lowest BCUT2D eigenvalue weighted by atomic mass is 10.3. The molecule has 1 heterocycles. The van der Waals surface area contributed by atoms with Gasteiger partial charge in [-0.15, -0.1) is 11.3 Å². The Hall–Kier alpha value is -1.44. The van der Waals surface area contributed by atoms with E-state index in [9.17, 15) is 8.42 Å². The van der Waals surface area contributed by atoms with Gasteiger partial charge in [0.2, 0.25) is 10.0 Å². The van der Waals surface area contributed by atoms with E-state index in [4.69, 9.17) is 0 Å². The van der Waals surface area contributed by atoms with Gasteiger partial charge in [0.25, 0.3) is 0 Å². The molecule has 5 nitrogen and oxygen atoms in total. The van der Waals surface area contributed by atoms with Crippen molar-refractivity contribution < 1.29 is 8.42 Å². The third-order valence-electron chi connectivity index (χ3n) is 2.79. The van der Waals surface area contributed by atoms with Gasteiger partial charge in [-0.2, -0.15) is 0 Å². The SMILES string of the molecule is CNc1ccc(S(=O)(=O)NCCc2csc(C)n2)cc1. The van der Waals surface area contributed by atoms with Crippen molar-refractivity contribution in [2.75, 3.05) is 18.9 Å². The Morgan fingerprint density at radius 1 is 1.25 bits per heavy atom. The Morgan fingerprint density at radius 2 is 1.95 bits per heavy atom. The summed E-state index contributed by atoms with van der Waals surface area (Å²) in [5, 5.41) is 5.89. The van der Waals surface area contributed by atoms with Crippen LogP contribution in [0.15, 0.2) is 34.5 Å². The highest BCUT2D eigenvalue weighted by molar-refractivity contribution is 7.89. The van der Waals surface area contributed by atoms with Crippen LogP contribution in [-0.4, -0.2) is 27.0 Å². The van der Waals surface area contributed by atoms with E-state index < -0.39 is 10.0 Å². The lowest BCUT2D eigenvalue weighted by Crippen LogP contribution is -2.26. The van der Waals surface area contributed by atoms with Crippen LogP contribution in [0, 0.1) is 6.92 Å². The van der Waals surface area contributed by atoms with Gasteiger partial charge in [0, 0.05) is 31.1 Å². The summed E-state index contributed by atoms with van der Waals surface area (Å²) in [6.07, 6.45) is 0.595. The number of benzene rings is 1. The summed E-state index contributed by atoms with van der Waals surface area (Å²) in [5.41, 5.74) is 1.79. The number of sulfonamides is 1. The molecule has 0 amide bonds. The molecule has 0 aliphatic heterocycles. The van der Waals surface area contributed by atoms with Gasteiger partial charge in [-0.1, -0.05) is 0 Å². The second kappa shape index (κ2) is 6.34. The maximum Gasteiger partial charge on any atom is 0.240 e. The van der Waals surface area contributed by atoms with Gasteiger partial charge in [-0.3, -0.25) is 0 Å². The normalized spacial score (nSPS) is 11.5. The molecule has 1 aromatic heterocycles. The van der Waals surface area contributed by atoms with E-state index in [0.29, 0.717) is 13.0 Å². The lowest BCUT2D eigenvalue weighted by molar-refractivity contribution is 0.581. The average molecular weight is 311 g/mol. The van der Waals surface area contributed by atoms with Gasteiger partial charge in [0.05, 0.1) is 15.6 Å². The molecule has 0 bridgehead atoms. The van der Waals surface area contributed by atoms with Crippen LogP contribution in [0.2, 0.25) is 0 Å². The van der Waals surface area contributed by atoms with Gasteiger partial charge in [0.1, 0.15) is 0 Å². The Kier molecular flexibility index (Phi) is 4.74. The van der Waals surface area contributed by atoms with Crippen molar-refractivity contribution in [3.05, 3.63) is 40.3 Å². The summed E-state index contributed by atoms with van der Waals surface area (Å²) >= 11 is 1.57. The zero-order valence-electron chi connectivity index (χ0n) is 11.4. The molecule has 0 aliphatic rings. The minimum Gasteiger partial charge on any atom is -0.388 e. The second-order valence-corrected chi connectivity index (χ2v) is 7.11. The van der Waals surface area contributed by atoms with E-state index in [1.165, 1.54) is 0 Å². The monoisotopic (exact) mass is 311 g/mol. The zero-order chi connectivity index (χ0) is 14.6. The first kappa shape index (κ1) is 15.0. The van der Waals surface area contributed by atoms with Crippen LogP contribution >= 0.6 is 11.3 Å². The molecule has 7 heteroatoms. The molecule has 0 saturated heterocycles. The predicted octanol–water partition coefficient (Wildman–Crippen LogP) is 2.01. The quantitative estimate of drug-likeness (QED) is 0.856. The smallest absolute Gasteiger partial charge is 0.240 e. The molecule has 0 radical (unpaired) electrons. The van der Waals surface area contributed by atoms with Crippen molar-refractivity contribution in [2.24, 2.45) is 0 Å². The van der Waals surface area contributed by atoms with Crippen LogP contribution in [0.1, 0.15) is 10.7 Å². The van der Waals surface area contributed by atoms with Crippen LogP contribution in [0.4, 0.5) is 5.69 Å². The van der Waals surface area contributed by atoms with E-state index >= 15 is 0 Å². The fourth-order valence-electron chi connectivity index (χ4n) is 1.72. The molecule has 0 fully saturated rings. The number of hydrogen-bond donors (Lipinski definition) is 2. The Labute approximate surface area is 123 Å². The summed E-state index contributed by atoms with van der Waals surface area (Å²) in [5.74, 6) is 0. The topological polar surface area (TPSA) is 71.1 Å². The molecular formula is C13H17N3O2S2. The molecule has 0 spiro atoms. The van der Waals surface area contributed by atoms with Gasteiger partial charge < -0.3 is 5.32 Å². The molecule has 20 heavy (non-hydrogen) atoms. The van der Waals surface area contributed by atoms with Crippen LogP contribution in [-0.2, 0) is 16.4 Å². The number of hydrogen-bond acceptors (Lipinski definition) is 5. The average Bonchev–Trinajstić information content (AvgIpc) is 2.84. The molecule has 0 atom stereocenters. The molecule has 0 saturated carbocycles. The maximum absolute atomic E-state index is 12.1. The van der Waals surface area contributed by atoms with Crippen molar-refractivity contribution in [1.29, 1.82) is 0 Å². The van der Waals surface area contributed by atoms with Gasteiger partial charge in [0.15, 0.2) is 0 Å². The fraction of sp³-hybridized carbons (Fsp3) is 0.308. The fourth-order valence-corrected chi connectivity index (χ4v) is 3.40. The van der Waals surface area contributed by atoms with E-state index in [0.717, 1.165) is 16.4 Å². The van der Waals surface area contributed by atoms with E-state index in [2.05, 4.69) is 15.0 Å². The van der Waals surface area contributed by atoms with Crippen molar-refractivity contribution in [3.63, 3.8) is 0 Å². The molecule has 2 N–H and O–H groups in total. The summed E-state index contributed by atoms with van der Waals surface area (Å²) in [4.78, 5) is 4.57. The van der Waals surface area contributed by atoms with Crippen molar-refractivity contribution >= 4 is 27.0 Å². The van der Waals surface area contributed by atoms with Crippen molar-refractivity contribution in [2.45, 2.75) is 18.2 Å². The third-order valence-corrected chi connectivity index (χ3v) is 5.09. The van der Waals surface area contributed by atoms with Crippen molar-refractivity contribution in [1.82, 2.24) is 9.71 Å². The number of aromatic nitrogens is 1. The molecule has 2 aromatic rings. The third kappa shape index (κ3) is 3.78. The lowest BCUT2D eigenvalue weighted by Gasteiger charge is -2.07. The Bertz CT molecular complexity index is 663. The zero-order valence-corrected chi connectivity index (χ0v) is 13.0. The largest absolute Gasteiger partial charge is 0.388 e. The molecule has 108 valence electrons. The standard InChI is InChI=1S/C13H17N3O2S2/c1-10-16-12(9-19-10)7-8-15-20(17,18)13-5-3-11(14-2)4-6-13/h3-6,9,14-15H,7-8H2,1-2H3. The van der Waals surface area contributed by atoms with Crippen LogP contribution in [0.5, 0.6) is 0 Å². The number of thiazole rings is 1. The van der Waals surface area contributed by atoms with Gasteiger partial charge in [-0.25, -0.2) is 18.1 Å². The van der Waals surface area contributed by atoms with E-state index in [1.54, 1.807) is 42.6 Å². The first-order valence-electron chi connectivity index (χ1n) is 6.20. The first-order chi connectivity index (χ1) is 9.51. The molecule has 1 aromatic carbocycles. The summed E-state index contributed by atoms with van der Waals surface area (Å²) in [6.45, 7) is 2.28. The number of aryl methyl sites for hydroxylation is 1. The highest BCUT2D eigenvalue weighted by Gasteiger charge is 2.13. The van der Waals surface area contributed by atoms with E-state index in [-0.39, 0.29) is 4.90 Å². The second-order valence-electron chi connectivity index (χ2n) is 4.28. The number of anilines is 1. The molecular weight excluding hydrogens is 294 g/mol. The molecule has 2 rings (SSSR count). The summed E-state index contributed by atoms with van der Waals surface area (Å²) < 4.78 is 26.7. The van der Waals surface area contributed by atoms with Crippen LogP contribution in [0.25, 0.3) is 0 Å². The number of nitrogens with one attached hydrogen (secondary N) is 2. The highest BCUT2D eigenvalue weighted by Crippen LogP contribution is 2.13. The Balaban J connectivity index is 1.96. The van der Waals surface area contributed by atoms with Gasteiger partial charge in [-0.05, 0) is 31.2 Å². The summed E-state index contributed by atoms with van der Waals surface area (Å²) in [6, 6.07) is 6.64. The highest BCUT2D eigenvalue weighted by atomic mass is 32.2. The van der Waals surface area contributed by atoms with E-state index in [1.807, 2.05) is 12.3 Å². The van der Waals surface area contributed by atoms with Crippen LogP contribution < -0.4 is 10.0 Å². The first-order valence-corrected chi connectivity index (χ1v) is 8.56. The number of nitrogens with zero attached hydrogens (tertiary/aromatic N) is 1. The number of rotatable bonds is 6. The van der Waals surface area contributed by atoms with Crippen LogP contribution in [0.3, 0.4) is 0 Å². The van der Waals surface area contributed by atoms with Crippen molar-refractivity contribution in [3.8, 4) is 0 Å².